The zero-order valence-corrected chi connectivity index (χ0v) is 18.9. The van der Waals surface area contributed by atoms with E-state index in [9.17, 15) is 15.0 Å². The van der Waals surface area contributed by atoms with E-state index in [1.54, 1.807) is 4.90 Å². The molecule has 0 bridgehead atoms. The molecule has 3 aromatic carbocycles. The van der Waals surface area contributed by atoms with Crippen molar-refractivity contribution in [3.63, 3.8) is 0 Å². The number of phenols is 2. The molecule has 1 amide bonds. The summed E-state index contributed by atoms with van der Waals surface area (Å²) in [6.07, 6.45) is 1.90. The van der Waals surface area contributed by atoms with E-state index in [0.29, 0.717) is 19.1 Å². The first-order chi connectivity index (χ1) is 16.6. The molecule has 2 aliphatic rings. The Hall–Kier alpha value is -3.71. The van der Waals surface area contributed by atoms with Gasteiger partial charge in [0.1, 0.15) is 17.9 Å². The number of ether oxygens (including phenoxy) is 2. The molecule has 3 aromatic rings. The highest BCUT2D eigenvalue weighted by molar-refractivity contribution is 6.00. The second kappa shape index (κ2) is 9.65. The predicted molar refractivity (Wildman–Crippen MR) is 128 cm³/mol. The molecule has 7 nitrogen and oxygen atoms in total. The molecule has 176 valence electrons. The average molecular weight is 461 g/mol. The molecule has 0 aliphatic carbocycles. The maximum Gasteiger partial charge on any atom is 0.262 e. The number of carbonyl (C=O) groups excluding carboxylic acids is 1. The summed E-state index contributed by atoms with van der Waals surface area (Å²) < 4.78 is 11.3. The van der Waals surface area contributed by atoms with Gasteiger partial charge in [-0.3, -0.25) is 4.79 Å². The van der Waals surface area contributed by atoms with Crippen molar-refractivity contribution in [1.29, 1.82) is 0 Å². The lowest BCUT2D eigenvalue weighted by Crippen LogP contribution is -2.28. The number of phenolic OH excluding ortho intramolecular Hbond substituents is 2. The SMILES string of the molecule is O=C(c1c(O)ccc(O)c1OCc1ccccc1)N1Cc2cccc(NC3CCOCC3)c2C1. The second-order valence-corrected chi connectivity index (χ2v) is 8.72. The fourth-order valence-electron chi connectivity index (χ4n) is 4.56. The number of amides is 1. The molecule has 5 rings (SSSR count). The van der Waals surface area contributed by atoms with E-state index in [1.165, 1.54) is 12.1 Å². The van der Waals surface area contributed by atoms with E-state index in [-0.39, 0.29) is 35.3 Å². The fourth-order valence-corrected chi connectivity index (χ4v) is 4.56. The van der Waals surface area contributed by atoms with Gasteiger partial charge in [-0.2, -0.15) is 0 Å². The molecular formula is C27H28N2O5. The normalized spacial score (nSPS) is 15.7. The molecular weight excluding hydrogens is 432 g/mol. The van der Waals surface area contributed by atoms with Crippen LogP contribution in [0.4, 0.5) is 5.69 Å². The number of rotatable bonds is 6. The summed E-state index contributed by atoms with van der Waals surface area (Å²) in [6.45, 7) is 2.50. The molecule has 1 fully saturated rings. The number of benzene rings is 3. The zero-order valence-electron chi connectivity index (χ0n) is 18.9. The molecule has 3 N–H and O–H groups in total. The van der Waals surface area contributed by atoms with E-state index in [4.69, 9.17) is 9.47 Å². The number of fused-ring (bicyclic) bond motifs is 1. The van der Waals surface area contributed by atoms with Crippen LogP contribution < -0.4 is 10.1 Å². The first-order valence-corrected chi connectivity index (χ1v) is 11.6. The molecule has 7 heteroatoms. The van der Waals surface area contributed by atoms with Gasteiger partial charge in [-0.15, -0.1) is 0 Å². The Morgan fingerprint density at radius 1 is 0.971 bits per heavy atom. The first kappa shape index (κ1) is 22.1. The van der Waals surface area contributed by atoms with Gasteiger partial charge in [-0.05, 0) is 47.7 Å². The van der Waals surface area contributed by atoms with E-state index >= 15 is 0 Å². The van der Waals surface area contributed by atoms with Gasteiger partial charge in [0.15, 0.2) is 11.5 Å². The molecule has 0 spiro atoms. The molecule has 2 heterocycles. The van der Waals surface area contributed by atoms with Crippen LogP contribution in [0.3, 0.4) is 0 Å². The average Bonchev–Trinajstić information content (AvgIpc) is 3.31. The minimum Gasteiger partial charge on any atom is -0.507 e. The van der Waals surface area contributed by atoms with Gasteiger partial charge < -0.3 is 29.9 Å². The number of nitrogens with zero attached hydrogens (tertiary/aromatic N) is 1. The van der Waals surface area contributed by atoms with Crippen LogP contribution in [0.15, 0.2) is 60.7 Å². The third kappa shape index (κ3) is 4.52. The topological polar surface area (TPSA) is 91.3 Å². The summed E-state index contributed by atoms with van der Waals surface area (Å²) in [6, 6.07) is 18.5. The number of hydrogen-bond acceptors (Lipinski definition) is 6. The lowest BCUT2D eigenvalue weighted by molar-refractivity contribution is 0.0742. The van der Waals surface area contributed by atoms with Crippen LogP contribution in [0.25, 0.3) is 0 Å². The van der Waals surface area contributed by atoms with Gasteiger partial charge in [0.2, 0.25) is 0 Å². The van der Waals surface area contributed by atoms with E-state index in [0.717, 1.165) is 48.4 Å². The summed E-state index contributed by atoms with van der Waals surface area (Å²) in [7, 11) is 0. The first-order valence-electron chi connectivity index (χ1n) is 11.6. The van der Waals surface area contributed by atoms with Crippen LogP contribution in [0, 0.1) is 0 Å². The van der Waals surface area contributed by atoms with E-state index < -0.39 is 0 Å². The predicted octanol–water partition coefficient (Wildman–Crippen LogP) is 4.42. The Bertz CT molecular complexity index is 1180. The fraction of sp³-hybridized carbons (Fsp3) is 0.296. The van der Waals surface area contributed by atoms with Crippen molar-refractivity contribution in [3.8, 4) is 17.2 Å². The van der Waals surface area contributed by atoms with Gasteiger partial charge in [0.25, 0.3) is 5.91 Å². The van der Waals surface area contributed by atoms with Crippen molar-refractivity contribution in [3.05, 3.63) is 82.9 Å². The summed E-state index contributed by atoms with van der Waals surface area (Å²) in [5.74, 6) is -0.798. The van der Waals surface area contributed by atoms with Crippen molar-refractivity contribution in [2.24, 2.45) is 0 Å². The van der Waals surface area contributed by atoms with Crippen molar-refractivity contribution >= 4 is 11.6 Å². The summed E-state index contributed by atoms with van der Waals surface area (Å²) in [5.41, 5.74) is 4.04. The Morgan fingerprint density at radius 2 is 1.74 bits per heavy atom. The molecule has 1 saturated heterocycles. The molecule has 0 saturated carbocycles. The largest absolute Gasteiger partial charge is 0.507 e. The van der Waals surface area contributed by atoms with Crippen LogP contribution in [-0.2, 0) is 24.4 Å². The molecule has 0 atom stereocenters. The maximum atomic E-state index is 13.6. The third-order valence-corrected chi connectivity index (χ3v) is 6.41. The van der Waals surface area contributed by atoms with Crippen molar-refractivity contribution < 1.29 is 24.5 Å². The van der Waals surface area contributed by atoms with Crippen LogP contribution in [-0.4, -0.2) is 40.3 Å². The van der Waals surface area contributed by atoms with Gasteiger partial charge in [-0.1, -0.05) is 42.5 Å². The van der Waals surface area contributed by atoms with Gasteiger partial charge in [-0.25, -0.2) is 0 Å². The number of anilines is 1. The minimum atomic E-state index is -0.385. The van der Waals surface area contributed by atoms with Crippen LogP contribution in [0.1, 0.15) is 39.9 Å². The van der Waals surface area contributed by atoms with E-state index in [2.05, 4.69) is 5.32 Å². The van der Waals surface area contributed by atoms with Crippen LogP contribution in [0.5, 0.6) is 17.2 Å². The van der Waals surface area contributed by atoms with Gasteiger partial charge >= 0.3 is 0 Å². The quantitative estimate of drug-likeness (QED) is 0.472. The molecule has 0 unspecified atom stereocenters. The Kier molecular flexibility index (Phi) is 6.27. The molecule has 0 aromatic heterocycles. The lowest BCUT2D eigenvalue weighted by Gasteiger charge is -2.25. The number of aromatic hydroxyl groups is 2. The number of hydrogen-bond donors (Lipinski definition) is 3. The van der Waals surface area contributed by atoms with Crippen molar-refractivity contribution in [2.45, 2.75) is 38.6 Å². The Morgan fingerprint density at radius 3 is 2.53 bits per heavy atom. The van der Waals surface area contributed by atoms with Crippen molar-refractivity contribution in [2.75, 3.05) is 18.5 Å². The number of nitrogens with one attached hydrogen (secondary N) is 1. The van der Waals surface area contributed by atoms with Gasteiger partial charge in [0, 0.05) is 38.0 Å². The highest BCUT2D eigenvalue weighted by Crippen LogP contribution is 2.40. The second-order valence-electron chi connectivity index (χ2n) is 8.72. The molecule has 0 radical (unpaired) electrons. The minimum absolute atomic E-state index is 0.00892. The standard InChI is InChI=1S/C27H28N2O5/c30-23-9-10-24(31)26(34-17-18-5-2-1-3-6-18)25(23)27(32)29-15-19-7-4-8-22(21(19)16-29)28-20-11-13-33-14-12-20/h1-10,20,28,30-31H,11-17H2. The summed E-state index contributed by atoms with van der Waals surface area (Å²) in [4.78, 5) is 15.2. The molecule has 34 heavy (non-hydrogen) atoms. The monoisotopic (exact) mass is 460 g/mol. The lowest BCUT2D eigenvalue weighted by atomic mass is 10.0. The summed E-state index contributed by atoms with van der Waals surface area (Å²) >= 11 is 0. The van der Waals surface area contributed by atoms with E-state index in [1.807, 2.05) is 48.5 Å². The smallest absolute Gasteiger partial charge is 0.262 e. The number of carbonyl (C=O) groups is 1. The van der Waals surface area contributed by atoms with Crippen LogP contribution in [0.2, 0.25) is 0 Å². The van der Waals surface area contributed by atoms with Gasteiger partial charge in [0.05, 0.1) is 0 Å². The third-order valence-electron chi connectivity index (χ3n) is 6.41. The van der Waals surface area contributed by atoms with Crippen molar-refractivity contribution in [1.82, 2.24) is 4.90 Å². The highest BCUT2D eigenvalue weighted by atomic mass is 16.5. The maximum absolute atomic E-state index is 13.6. The Balaban J connectivity index is 1.37. The Labute approximate surface area is 198 Å². The van der Waals surface area contributed by atoms with Crippen LogP contribution >= 0.6 is 0 Å². The molecule has 2 aliphatic heterocycles. The highest BCUT2D eigenvalue weighted by Gasteiger charge is 2.31. The summed E-state index contributed by atoms with van der Waals surface area (Å²) in [5, 5.41) is 24.6. The zero-order chi connectivity index (χ0) is 23.5.